The zero-order chi connectivity index (χ0) is 10.2. The fraction of sp³-hybridized carbons (Fsp3) is 0.143. The molecule has 0 aliphatic carbocycles. The third-order valence-corrected chi connectivity index (χ3v) is 3.80. The third kappa shape index (κ3) is 2.59. The molecule has 0 radical (unpaired) electrons. The molecule has 0 aromatic heterocycles. The molecule has 0 N–H and O–H groups in total. The molecule has 6 heteroatoms. The highest BCUT2D eigenvalue weighted by Crippen LogP contribution is 2.31. The van der Waals surface area contributed by atoms with Gasteiger partial charge in [0, 0.05) is 15.2 Å². The zero-order valence-electron chi connectivity index (χ0n) is 6.51. The Balaban J connectivity index is 3.57. The first-order valence-electron chi connectivity index (χ1n) is 3.22. The van der Waals surface area contributed by atoms with Gasteiger partial charge in [-0.15, -0.1) is 0 Å². The average molecular weight is 304 g/mol. The van der Waals surface area contributed by atoms with Crippen molar-refractivity contribution in [3.8, 4) is 0 Å². The fourth-order valence-corrected chi connectivity index (χ4v) is 3.74. The van der Waals surface area contributed by atoms with E-state index in [-0.39, 0.29) is 9.92 Å². The van der Waals surface area contributed by atoms with Crippen LogP contribution in [0.1, 0.15) is 5.56 Å². The highest BCUT2D eigenvalue weighted by Gasteiger charge is 2.18. The number of aryl methyl sites for hydroxylation is 1. The largest absolute Gasteiger partial charge is 0.263 e. The zero-order valence-corrected chi connectivity index (χ0v) is 10.4. The molecule has 0 saturated heterocycles. The lowest BCUT2D eigenvalue weighted by Crippen LogP contribution is -1.95. The quantitative estimate of drug-likeness (QED) is 0.746. The van der Waals surface area contributed by atoms with Crippen molar-refractivity contribution in [1.82, 2.24) is 0 Å². The van der Waals surface area contributed by atoms with Crippen LogP contribution in [0.5, 0.6) is 0 Å². The van der Waals surface area contributed by atoms with Gasteiger partial charge in [-0.25, -0.2) is 8.42 Å². The Morgan fingerprint density at radius 2 is 1.92 bits per heavy atom. The molecule has 1 aromatic rings. The van der Waals surface area contributed by atoms with Crippen molar-refractivity contribution in [3.05, 3.63) is 27.2 Å². The van der Waals surface area contributed by atoms with Crippen molar-refractivity contribution in [3.63, 3.8) is 0 Å². The van der Waals surface area contributed by atoms with Gasteiger partial charge < -0.3 is 0 Å². The Morgan fingerprint density at radius 1 is 1.38 bits per heavy atom. The Morgan fingerprint density at radius 3 is 2.31 bits per heavy atom. The minimum Gasteiger partial charge on any atom is -0.207 e. The van der Waals surface area contributed by atoms with E-state index in [9.17, 15) is 8.42 Å². The molecule has 13 heavy (non-hydrogen) atoms. The van der Waals surface area contributed by atoms with E-state index in [1.807, 2.05) is 0 Å². The van der Waals surface area contributed by atoms with Gasteiger partial charge in [-0.2, -0.15) is 0 Å². The van der Waals surface area contributed by atoms with Crippen LogP contribution in [0.4, 0.5) is 0 Å². The minimum atomic E-state index is -3.76. The van der Waals surface area contributed by atoms with Crippen LogP contribution < -0.4 is 0 Å². The van der Waals surface area contributed by atoms with Crippen LogP contribution in [-0.2, 0) is 9.05 Å². The lowest BCUT2D eigenvalue weighted by molar-refractivity contribution is 0.609. The summed E-state index contributed by atoms with van der Waals surface area (Å²) in [6, 6.07) is 3.13. The molecule has 0 aliphatic rings. The van der Waals surface area contributed by atoms with Crippen molar-refractivity contribution in [1.29, 1.82) is 0 Å². The van der Waals surface area contributed by atoms with Crippen LogP contribution >= 0.6 is 38.2 Å². The van der Waals surface area contributed by atoms with Crippen LogP contribution in [0.25, 0.3) is 0 Å². The summed E-state index contributed by atoms with van der Waals surface area (Å²) in [5.41, 5.74) is 0.523. The molecule has 0 unspecified atom stereocenters. The van der Waals surface area contributed by atoms with Gasteiger partial charge in [0.2, 0.25) is 0 Å². The van der Waals surface area contributed by atoms with Crippen molar-refractivity contribution in [2.24, 2.45) is 0 Å². The SMILES string of the molecule is Cc1cc(Br)cc(Cl)c1S(=O)(=O)Cl. The number of hydrogen-bond donors (Lipinski definition) is 0. The van der Waals surface area contributed by atoms with Crippen LogP contribution in [0.3, 0.4) is 0 Å². The Bertz CT molecular complexity index is 419. The maximum atomic E-state index is 11.1. The van der Waals surface area contributed by atoms with Crippen LogP contribution in [0, 0.1) is 6.92 Å². The van der Waals surface area contributed by atoms with Crippen LogP contribution in [-0.4, -0.2) is 8.42 Å². The monoisotopic (exact) mass is 302 g/mol. The molecule has 1 rings (SSSR count). The molecule has 0 fully saturated rings. The highest BCUT2D eigenvalue weighted by atomic mass is 79.9. The first-order chi connectivity index (χ1) is 5.82. The molecule has 0 aliphatic heterocycles. The van der Waals surface area contributed by atoms with Gasteiger partial charge in [-0.1, -0.05) is 27.5 Å². The molecule has 1 aromatic carbocycles. The summed E-state index contributed by atoms with van der Waals surface area (Å²) >= 11 is 8.92. The van der Waals surface area contributed by atoms with Crippen LogP contribution in [0.2, 0.25) is 5.02 Å². The van der Waals surface area contributed by atoms with E-state index in [4.69, 9.17) is 22.3 Å². The summed E-state index contributed by atoms with van der Waals surface area (Å²) in [5.74, 6) is 0. The van der Waals surface area contributed by atoms with Crippen LogP contribution in [0.15, 0.2) is 21.5 Å². The normalized spacial score (nSPS) is 11.7. The predicted octanol–water partition coefficient (Wildman–Crippen LogP) is 3.34. The molecule has 0 saturated carbocycles. The molecule has 0 bridgehead atoms. The molecule has 0 heterocycles. The number of benzene rings is 1. The van der Waals surface area contributed by atoms with Crippen molar-refractivity contribution in [2.45, 2.75) is 11.8 Å². The number of halogens is 3. The van der Waals surface area contributed by atoms with Gasteiger partial charge >= 0.3 is 0 Å². The maximum Gasteiger partial charge on any atom is 0.263 e. The Labute approximate surface area is 94.4 Å². The molecule has 0 atom stereocenters. The summed E-state index contributed by atoms with van der Waals surface area (Å²) in [7, 11) is 1.43. The maximum absolute atomic E-state index is 11.1. The number of rotatable bonds is 1. The van der Waals surface area contributed by atoms with Crippen molar-refractivity contribution < 1.29 is 8.42 Å². The Kier molecular flexibility index (Phi) is 3.28. The topological polar surface area (TPSA) is 34.1 Å². The third-order valence-electron chi connectivity index (χ3n) is 1.44. The molecular weight excluding hydrogens is 299 g/mol. The van der Waals surface area contributed by atoms with Crippen molar-refractivity contribution >= 4 is 47.3 Å². The van der Waals surface area contributed by atoms with E-state index in [1.54, 1.807) is 13.0 Å². The minimum absolute atomic E-state index is 0.0287. The van der Waals surface area contributed by atoms with Gasteiger partial charge in [-0.05, 0) is 24.6 Å². The second-order valence-corrected chi connectivity index (χ2v) is 6.30. The first kappa shape index (κ1) is 11.3. The van der Waals surface area contributed by atoms with Gasteiger partial charge in [-0.3, -0.25) is 0 Å². The molecule has 0 amide bonds. The summed E-state index contributed by atoms with van der Waals surface area (Å²) < 4.78 is 22.8. The van der Waals surface area contributed by atoms with E-state index in [0.29, 0.717) is 5.56 Å². The van der Waals surface area contributed by atoms with E-state index < -0.39 is 9.05 Å². The molecule has 2 nitrogen and oxygen atoms in total. The van der Waals surface area contributed by atoms with E-state index in [0.717, 1.165) is 4.47 Å². The molecule has 72 valence electrons. The second kappa shape index (κ2) is 3.77. The van der Waals surface area contributed by atoms with Gasteiger partial charge in [0.1, 0.15) is 4.90 Å². The standard InChI is InChI=1S/C7H5BrCl2O2S/c1-4-2-5(8)3-6(9)7(4)13(10,11)12/h2-3H,1H3. The first-order valence-corrected chi connectivity index (χ1v) is 6.70. The Hall–Kier alpha value is 0.230. The average Bonchev–Trinajstić information content (AvgIpc) is 1.78. The lowest BCUT2D eigenvalue weighted by atomic mass is 10.2. The summed E-state index contributed by atoms with van der Waals surface area (Å²) in [6.45, 7) is 1.63. The van der Waals surface area contributed by atoms with E-state index in [2.05, 4.69) is 15.9 Å². The number of hydrogen-bond acceptors (Lipinski definition) is 2. The molecular formula is C7H5BrCl2O2S. The van der Waals surface area contributed by atoms with Gasteiger partial charge in [0.05, 0.1) is 5.02 Å². The fourth-order valence-electron chi connectivity index (χ4n) is 0.998. The summed E-state index contributed by atoms with van der Waals surface area (Å²) in [6.07, 6.45) is 0. The molecule has 0 spiro atoms. The van der Waals surface area contributed by atoms with E-state index >= 15 is 0 Å². The predicted molar refractivity (Wildman–Crippen MR) is 56.9 cm³/mol. The van der Waals surface area contributed by atoms with Gasteiger partial charge in [0.25, 0.3) is 9.05 Å². The summed E-state index contributed by atoms with van der Waals surface area (Å²) in [5, 5.41) is 0.127. The van der Waals surface area contributed by atoms with Crippen molar-refractivity contribution in [2.75, 3.05) is 0 Å². The van der Waals surface area contributed by atoms with E-state index in [1.165, 1.54) is 6.07 Å². The van der Waals surface area contributed by atoms with Gasteiger partial charge in [0.15, 0.2) is 0 Å². The second-order valence-electron chi connectivity index (χ2n) is 2.47. The smallest absolute Gasteiger partial charge is 0.207 e. The summed E-state index contributed by atoms with van der Waals surface area (Å²) in [4.78, 5) is -0.0287. The lowest BCUT2D eigenvalue weighted by Gasteiger charge is -2.04. The highest BCUT2D eigenvalue weighted by molar-refractivity contribution is 9.10.